The van der Waals surface area contributed by atoms with Gasteiger partial charge in [0.1, 0.15) is 0 Å². The first-order valence-electron chi connectivity index (χ1n) is 6.83. The Labute approximate surface area is 141 Å². The van der Waals surface area contributed by atoms with E-state index in [-0.39, 0.29) is 5.56 Å². The highest BCUT2D eigenvalue weighted by molar-refractivity contribution is 9.08. The Hall–Kier alpha value is -1.78. The Morgan fingerprint density at radius 2 is 1.86 bits per heavy atom. The second-order valence-electron chi connectivity index (χ2n) is 4.88. The molecule has 3 nitrogen and oxygen atoms in total. The smallest absolute Gasteiger partial charge is 0.276 e. The molecule has 3 rings (SSSR count). The van der Waals surface area contributed by atoms with E-state index in [9.17, 15) is 4.79 Å². The average Bonchev–Trinajstić information content (AvgIpc) is 2.55. The third-order valence-corrected chi connectivity index (χ3v) is 4.42. The lowest BCUT2D eigenvalue weighted by atomic mass is 9.97. The summed E-state index contributed by atoms with van der Waals surface area (Å²) in [5.41, 5.74) is 5.81. The molecular formula is C17H14BrClN2O. The van der Waals surface area contributed by atoms with Gasteiger partial charge < -0.3 is 5.43 Å². The van der Waals surface area contributed by atoms with Gasteiger partial charge in [-0.2, -0.15) is 0 Å². The lowest BCUT2D eigenvalue weighted by Crippen LogP contribution is -2.30. The summed E-state index contributed by atoms with van der Waals surface area (Å²) in [4.78, 5) is 12.7. The molecule has 0 bridgehead atoms. The summed E-state index contributed by atoms with van der Waals surface area (Å²) in [6.07, 6.45) is 0. The second-order valence-corrected chi connectivity index (χ2v) is 5.87. The van der Waals surface area contributed by atoms with E-state index in [1.807, 2.05) is 36.4 Å². The average molecular weight is 378 g/mol. The SMILES string of the molecule is CNn1c(CBr)c(-c2ccccc2)c2cc(Cl)ccc2c1=O. The van der Waals surface area contributed by atoms with Crippen LogP contribution in [0.1, 0.15) is 5.69 Å². The molecule has 1 heterocycles. The molecule has 0 aliphatic heterocycles. The Balaban J connectivity index is 2.54. The third-order valence-electron chi connectivity index (χ3n) is 3.66. The standard InChI is InChI=1S/C17H14BrClN2O/c1-20-21-15(10-18)16(11-5-3-2-4-6-11)14-9-12(19)7-8-13(14)17(21)22/h2-9,20H,10H2,1H3. The number of pyridine rings is 1. The topological polar surface area (TPSA) is 34.0 Å². The van der Waals surface area contributed by atoms with Crippen LogP contribution in [0.25, 0.3) is 21.9 Å². The molecule has 0 radical (unpaired) electrons. The van der Waals surface area contributed by atoms with Gasteiger partial charge in [0, 0.05) is 28.4 Å². The summed E-state index contributed by atoms with van der Waals surface area (Å²) in [7, 11) is 1.74. The van der Waals surface area contributed by atoms with Crippen molar-refractivity contribution in [2.75, 3.05) is 12.5 Å². The summed E-state index contributed by atoms with van der Waals surface area (Å²) >= 11 is 9.67. The summed E-state index contributed by atoms with van der Waals surface area (Å²) in [5, 5.41) is 2.68. The molecule has 0 fully saturated rings. The van der Waals surface area contributed by atoms with Crippen molar-refractivity contribution >= 4 is 38.3 Å². The monoisotopic (exact) mass is 376 g/mol. The second kappa shape index (κ2) is 6.15. The Bertz CT molecular complexity index is 891. The molecule has 22 heavy (non-hydrogen) atoms. The minimum atomic E-state index is -0.0803. The van der Waals surface area contributed by atoms with Crippen molar-refractivity contribution in [2.24, 2.45) is 0 Å². The minimum Gasteiger partial charge on any atom is -0.326 e. The number of nitrogens with zero attached hydrogens (tertiary/aromatic N) is 1. The number of aromatic nitrogens is 1. The van der Waals surface area contributed by atoms with Crippen LogP contribution < -0.4 is 11.0 Å². The van der Waals surface area contributed by atoms with E-state index in [0.29, 0.717) is 15.7 Å². The van der Waals surface area contributed by atoms with E-state index in [1.54, 1.807) is 23.9 Å². The highest BCUT2D eigenvalue weighted by Crippen LogP contribution is 2.32. The Morgan fingerprint density at radius 1 is 1.14 bits per heavy atom. The normalized spacial score (nSPS) is 10.9. The zero-order valence-electron chi connectivity index (χ0n) is 11.9. The van der Waals surface area contributed by atoms with Gasteiger partial charge in [0.05, 0.1) is 5.69 Å². The maximum atomic E-state index is 12.7. The first-order chi connectivity index (χ1) is 10.7. The predicted octanol–water partition coefficient (Wildman–Crippen LogP) is 4.39. The molecule has 0 unspecified atom stereocenters. The molecule has 0 spiro atoms. The first-order valence-corrected chi connectivity index (χ1v) is 8.33. The maximum absolute atomic E-state index is 12.7. The van der Waals surface area contributed by atoms with Gasteiger partial charge >= 0.3 is 0 Å². The van der Waals surface area contributed by atoms with Crippen molar-refractivity contribution in [3.05, 3.63) is 69.6 Å². The van der Waals surface area contributed by atoms with Crippen LogP contribution in [0.4, 0.5) is 0 Å². The molecule has 5 heteroatoms. The number of fused-ring (bicyclic) bond motifs is 1. The highest BCUT2D eigenvalue weighted by Gasteiger charge is 2.17. The van der Waals surface area contributed by atoms with E-state index >= 15 is 0 Å². The van der Waals surface area contributed by atoms with Gasteiger partial charge in [0.2, 0.25) is 0 Å². The molecule has 1 aromatic heterocycles. The van der Waals surface area contributed by atoms with Crippen molar-refractivity contribution in [2.45, 2.75) is 5.33 Å². The van der Waals surface area contributed by atoms with E-state index in [2.05, 4.69) is 21.4 Å². The zero-order chi connectivity index (χ0) is 15.7. The van der Waals surface area contributed by atoms with Gasteiger partial charge in [-0.05, 0) is 29.1 Å². The number of rotatable bonds is 3. The van der Waals surface area contributed by atoms with Crippen LogP contribution >= 0.6 is 27.5 Å². The van der Waals surface area contributed by atoms with Gasteiger partial charge in [-0.3, -0.25) is 4.79 Å². The summed E-state index contributed by atoms with van der Waals surface area (Å²) in [5.74, 6) is 0. The molecule has 0 amide bonds. The van der Waals surface area contributed by atoms with Crippen LogP contribution in [0.2, 0.25) is 5.02 Å². The molecular weight excluding hydrogens is 364 g/mol. The molecule has 2 aromatic carbocycles. The fraction of sp³-hybridized carbons (Fsp3) is 0.118. The largest absolute Gasteiger partial charge is 0.326 e. The Morgan fingerprint density at radius 3 is 2.50 bits per heavy atom. The van der Waals surface area contributed by atoms with Crippen molar-refractivity contribution in [1.29, 1.82) is 0 Å². The number of hydrogen-bond donors (Lipinski definition) is 1. The Kier molecular flexibility index (Phi) is 4.23. The predicted molar refractivity (Wildman–Crippen MR) is 96.6 cm³/mol. The molecule has 0 saturated heterocycles. The molecule has 0 aliphatic rings. The van der Waals surface area contributed by atoms with Crippen LogP contribution in [0.15, 0.2) is 53.3 Å². The first kappa shape index (κ1) is 15.1. The number of benzene rings is 2. The summed E-state index contributed by atoms with van der Waals surface area (Å²) < 4.78 is 1.58. The lowest BCUT2D eigenvalue weighted by Gasteiger charge is -2.18. The molecule has 0 aliphatic carbocycles. The molecule has 112 valence electrons. The van der Waals surface area contributed by atoms with Crippen LogP contribution in [-0.2, 0) is 5.33 Å². The van der Waals surface area contributed by atoms with Crippen LogP contribution in [0, 0.1) is 0 Å². The highest BCUT2D eigenvalue weighted by atomic mass is 79.9. The van der Waals surface area contributed by atoms with Gasteiger partial charge in [-0.15, -0.1) is 0 Å². The number of hydrogen-bond acceptors (Lipinski definition) is 2. The van der Waals surface area contributed by atoms with Crippen LogP contribution in [0.5, 0.6) is 0 Å². The van der Waals surface area contributed by atoms with Crippen molar-refractivity contribution in [3.8, 4) is 11.1 Å². The van der Waals surface area contributed by atoms with Crippen molar-refractivity contribution in [1.82, 2.24) is 4.68 Å². The minimum absolute atomic E-state index is 0.0803. The van der Waals surface area contributed by atoms with E-state index in [4.69, 9.17) is 11.6 Å². The van der Waals surface area contributed by atoms with Crippen LogP contribution in [-0.4, -0.2) is 11.7 Å². The summed E-state index contributed by atoms with van der Waals surface area (Å²) in [6, 6.07) is 15.4. The molecule has 0 saturated carbocycles. The van der Waals surface area contributed by atoms with Gasteiger partial charge in [-0.1, -0.05) is 57.9 Å². The number of alkyl halides is 1. The number of nitrogens with one attached hydrogen (secondary N) is 1. The van der Waals surface area contributed by atoms with E-state index in [0.717, 1.165) is 22.2 Å². The lowest BCUT2D eigenvalue weighted by molar-refractivity contribution is 0.841. The molecule has 1 N–H and O–H groups in total. The quantitative estimate of drug-likeness (QED) is 0.687. The molecule has 3 aromatic rings. The summed E-state index contributed by atoms with van der Waals surface area (Å²) in [6.45, 7) is 0. The maximum Gasteiger partial charge on any atom is 0.276 e. The van der Waals surface area contributed by atoms with Gasteiger partial charge in [0.25, 0.3) is 5.56 Å². The van der Waals surface area contributed by atoms with E-state index in [1.165, 1.54) is 0 Å². The van der Waals surface area contributed by atoms with Crippen LogP contribution in [0.3, 0.4) is 0 Å². The van der Waals surface area contributed by atoms with E-state index < -0.39 is 0 Å². The van der Waals surface area contributed by atoms with Crippen molar-refractivity contribution < 1.29 is 0 Å². The zero-order valence-corrected chi connectivity index (χ0v) is 14.3. The fourth-order valence-corrected chi connectivity index (χ4v) is 3.41. The molecule has 0 atom stereocenters. The fourth-order valence-electron chi connectivity index (χ4n) is 2.71. The van der Waals surface area contributed by atoms with Gasteiger partial charge in [-0.25, -0.2) is 4.68 Å². The van der Waals surface area contributed by atoms with Gasteiger partial charge in [0.15, 0.2) is 0 Å². The van der Waals surface area contributed by atoms with Crippen molar-refractivity contribution in [3.63, 3.8) is 0 Å². The number of halogens is 2. The third kappa shape index (κ3) is 2.42.